The molecule has 342 valence electrons. The largest absolute Gasteiger partial charge is 0.508 e. The third-order valence-corrected chi connectivity index (χ3v) is 11.9. The van der Waals surface area contributed by atoms with Crippen molar-refractivity contribution in [2.24, 2.45) is 0 Å². The Kier molecular flexibility index (Phi) is 13.4. The van der Waals surface area contributed by atoms with Gasteiger partial charge in [0.25, 0.3) is 11.8 Å². The van der Waals surface area contributed by atoms with Gasteiger partial charge in [0.1, 0.15) is 35.5 Å². The number of halogens is 2. The Bertz CT molecular complexity index is 2810. The second-order valence-electron chi connectivity index (χ2n) is 16.1. The number of ether oxygens (including phenoxy) is 2. The summed E-state index contributed by atoms with van der Waals surface area (Å²) in [7, 11) is 3.32. The van der Waals surface area contributed by atoms with Crippen LogP contribution >= 0.6 is 11.6 Å². The van der Waals surface area contributed by atoms with Gasteiger partial charge in [0.2, 0.25) is 29.6 Å². The maximum absolute atomic E-state index is 16.9. The summed E-state index contributed by atoms with van der Waals surface area (Å²) in [5, 5.41) is 17.7. The monoisotopic (exact) mass is 920 g/mol. The summed E-state index contributed by atoms with van der Waals surface area (Å²) in [5.74, 6) is -2.52. The lowest BCUT2D eigenvalue weighted by atomic mass is 9.96. The van der Waals surface area contributed by atoms with Crippen molar-refractivity contribution in [1.82, 2.24) is 30.0 Å². The summed E-state index contributed by atoms with van der Waals surface area (Å²) >= 11 is 6.87. The number of carbonyl (C=O) groups excluding carboxylic acids is 6. The van der Waals surface area contributed by atoms with Gasteiger partial charge in [-0.15, -0.1) is 0 Å². The van der Waals surface area contributed by atoms with Crippen molar-refractivity contribution < 1.29 is 47.7 Å². The quantitative estimate of drug-likeness (QED) is 0.0726. The molecule has 3 N–H and O–H groups in total. The normalized spacial score (nSPS) is 16.4. The number of anilines is 2. The number of phenols is 1. The van der Waals surface area contributed by atoms with Crippen LogP contribution in [0.15, 0.2) is 72.8 Å². The third-order valence-electron chi connectivity index (χ3n) is 11.6. The summed E-state index contributed by atoms with van der Waals surface area (Å²) < 4.78 is 28.3. The number of nitrogens with one attached hydrogen (secondary N) is 2. The molecular formula is C47H46ClFN8O9. The van der Waals surface area contributed by atoms with Crippen LogP contribution in [-0.2, 0) is 23.9 Å². The number of nitrogens with zero attached hydrogens (tertiary/aromatic N) is 6. The molecule has 2 fully saturated rings. The van der Waals surface area contributed by atoms with Gasteiger partial charge in [0, 0.05) is 70.6 Å². The predicted octanol–water partition coefficient (Wildman–Crippen LogP) is 4.93. The molecule has 0 saturated carbocycles. The van der Waals surface area contributed by atoms with Crippen molar-refractivity contribution in [2.45, 2.75) is 31.7 Å². The van der Waals surface area contributed by atoms with E-state index < -0.39 is 35.5 Å². The second-order valence-corrected chi connectivity index (χ2v) is 16.5. The predicted molar refractivity (Wildman–Crippen MR) is 243 cm³/mol. The number of hydrogen-bond acceptors (Lipinski definition) is 13. The number of hydrogen-bond donors (Lipinski definition) is 3. The van der Waals surface area contributed by atoms with Crippen molar-refractivity contribution in [2.75, 3.05) is 76.9 Å². The summed E-state index contributed by atoms with van der Waals surface area (Å²) in [6, 6.07) is 15.4. The number of aromatic nitrogens is 2. The Morgan fingerprint density at radius 3 is 2.48 bits per heavy atom. The van der Waals surface area contributed by atoms with E-state index in [1.54, 1.807) is 43.3 Å². The van der Waals surface area contributed by atoms with Crippen molar-refractivity contribution in [3.8, 4) is 22.6 Å². The van der Waals surface area contributed by atoms with Crippen LogP contribution in [0.3, 0.4) is 0 Å². The lowest BCUT2D eigenvalue weighted by molar-refractivity contribution is -0.136. The number of rotatable bonds is 15. The molecule has 19 heteroatoms. The topological polar surface area (TPSA) is 204 Å². The minimum absolute atomic E-state index is 0.000906. The molecule has 0 spiro atoms. The average Bonchev–Trinajstić information content (AvgIpc) is 3.54. The van der Waals surface area contributed by atoms with Crippen LogP contribution in [0.1, 0.15) is 46.4 Å². The molecule has 6 amide bonds. The highest BCUT2D eigenvalue weighted by Gasteiger charge is 2.44. The molecule has 1 atom stereocenters. The van der Waals surface area contributed by atoms with Gasteiger partial charge in [-0.05, 0) is 71.7 Å². The summed E-state index contributed by atoms with van der Waals surface area (Å²) in [6.45, 7) is 2.32. The van der Waals surface area contributed by atoms with Crippen molar-refractivity contribution in [1.29, 1.82) is 0 Å². The summed E-state index contributed by atoms with van der Waals surface area (Å²) in [5.41, 5.74) is 0.747. The molecule has 3 aliphatic rings. The molecule has 0 radical (unpaired) electrons. The number of phenolic OH excluding ortho intramolecular Hbond substituents is 1. The first-order valence-electron chi connectivity index (χ1n) is 21.4. The van der Waals surface area contributed by atoms with Gasteiger partial charge in [-0.3, -0.25) is 39.0 Å². The van der Waals surface area contributed by atoms with E-state index in [4.69, 9.17) is 26.1 Å². The highest BCUT2D eigenvalue weighted by atomic mass is 35.5. The number of imide groups is 2. The lowest BCUT2D eigenvalue weighted by Gasteiger charge is -2.35. The highest BCUT2D eigenvalue weighted by molar-refractivity contribution is 6.35. The van der Waals surface area contributed by atoms with Crippen molar-refractivity contribution >= 4 is 80.5 Å². The van der Waals surface area contributed by atoms with Gasteiger partial charge in [-0.1, -0.05) is 41.9 Å². The SMILES string of the molecule is CN(C)C(=O)CCNc1nc(N2CCN(C(=O)/C=C/CCOCCOc3ccc4c(c3)C(=O)N(C3CCC(=O)NC3=O)C4=O)CC2)c2cc(Cl)c(-c3cc(O)cc4ccccc34)c(F)c2n1. The fourth-order valence-electron chi connectivity index (χ4n) is 8.19. The van der Waals surface area contributed by atoms with Crippen LogP contribution in [-0.4, -0.2) is 138 Å². The van der Waals surface area contributed by atoms with E-state index in [0.717, 1.165) is 4.90 Å². The van der Waals surface area contributed by atoms with E-state index in [2.05, 4.69) is 15.6 Å². The molecule has 0 bridgehead atoms. The molecule has 1 unspecified atom stereocenters. The van der Waals surface area contributed by atoms with Crippen molar-refractivity contribution in [3.63, 3.8) is 0 Å². The molecule has 3 aliphatic heterocycles. The van der Waals surface area contributed by atoms with Crippen LogP contribution in [0.25, 0.3) is 32.8 Å². The Labute approximate surface area is 383 Å². The fourth-order valence-corrected chi connectivity index (χ4v) is 8.49. The van der Waals surface area contributed by atoms with Crippen LogP contribution in [0.4, 0.5) is 16.2 Å². The van der Waals surface area contributed by atoms with Crippen LogP contribution in [0.5, 0.6) is 11.5 Å². The molecule has 5 aromatic rings. The molecular weight excluding hydrogens is 875 g/mol. The first-order valence-corrected chi connectivity index (χ1v) is 21.8. The standard InChI is InChI=1S/C47H46ClFN8O9/c1-54(2)38(60)14-15-50-47-52-42-34(26-35(48)40(41(42)49)32-24-28(58)23-27-7-3-4-8-30(27)32)43(53-47)56-18-16-55(17-19-56)39(61)9-5-6-20-65-21-22-66-29-10-11-31-33(25-29)46(64)57(45(31)63)36-12-13-37(59)51-44(36)62/h3-5,7-11,23-26,36,58H,6,12-22H2,1-2H3,(H,50,52,53)(H,51,59,62)/b9-5+. The molecule has 1 aromatic heterocycles. The molecule has 17 nitrogen and oxygen atoms in total. The summed E-state index contributed by atoms with van der Waals surface area (Å²) in [6.07, 6.45) is 3.92. The lowest BCUT2D eigenvalue weighted by Crippen LogP contribution is -2.54. The highest BCUT2D eigenvalue weighted by Crippen LogP contribution is 2.42. The second kappa shape index (κ2) is 19.5. The molecule has 8 rings (SSSR count). The molecule has 4 aromatic carbocycles. The Morgan fingerprint density at radius 2 is 1.71 bits per heavy atom. The van der Waals surface area contributed by atoms with Gasteiger partial charge in [-0.2, -0.15) is 4.98 Å². The maximum atomic E-state index is 16.9. The molecule has 4 heterocycles. The van der Waals surface area contributed by atoms with E-state index in [1.165, 1.54) is 29.2 Å². The number of piperidine rings is 1. The Morgan fingerprint density at radius 1 is 0.939 bits per heavy atom. The van der Waals surface area contributed by atoms with E-state index in [1.807, 2.05) is 29.2 Å². The van der Waals surface area contributed by atoms with Gasteiger partial charge in [0.05, 0.1) is 29.4 Å². The van der Waals surface area contributed by atoms with Crippen LogP contribution in [0.2, 0.25) is 5.02 Å². The first kappa shape index (κ1) is 45.4. The molecule has 0 aliphatic carbocycles. The number of carbonyl (C=O) groups is 6. The van der Waals surface area contributed by atoms with E-state index in [-0.39, 0.29) is 89.8 Å². The average molecular weight is 921 g/mol. The zero-order valence-electron chi connectivity index (χ0n) is 36.1. The number of piperazine rings is 1. The van der Waals surface area contributed by atoms with E-state index in [9.17, 15) is 33.9 Å². The number of benzene rings is 4. The zero-order chi connectivity index (χ0) is 46.6. The molecule has 66 heavy (non-hydrogen) atoms. The van der Waals surface area contributed by atoms with Crippen LogP contribution < -0.4 is 20.3 Å². The zero-order valence-corrected chi connectivity index (χ0v) is 36.9. The Balaban J connectivity index is 0.858. The number of aromatic hydroxyl groups is 1. The van der Waals surface area contributed by atoms with Crippen molar-refractivity contribution in [3.05, 3.63) is 94.8 Å². The van der Waals surface area contributed by atoms with Gasteiger partial charge in [0.15, 0.2) is 5.82 Å². The minimum Gasteiger partial charge on any atom is -0.508 e. The van der Waals surface area contributed by atoms with Crippen LogP contribution in [0, 0.1) is 5.82 Å². The summed E-state index contributed by atoms with van der Waals surface area (Å²) in [4.78, 5) is 90.8. The first-order chi connectivity index (χ1) is 31.8. The third kappa shape index (κ3) is 9.46. The fraction of sp³-hybridized carbons (Fsp3) is 0.319. The Hall–Kier alpha value is -7.18. The number of amides is 6. The van der Waals surface area contributed by atoms with E-state index in [0.29, 0.717) is 72.5 Å². The maximum Gasteiger partial charge on any atom is 0.262 e. The smallest absolute Gasteiger partial charge is 0.262 e. The van der Waals surface area contributed by atoms with Gasteiger partial charge in [-0.25, -0.2) is 9.37 Å². The van der Waals surface area contributed by atoms with Gasteiger partial charge < -0.3 is 34.6 Å². The number of fused-ring (bicyclic) bond motifs is 3. The van der Waals surface area contributed by atoms with E-state index >= 15 is 4.39 Å². The van der Waals surface area contributed by atoms with Gasteiger partial charge >= 0.3 is 0 Å². The minimum atomic E-state index is -1.06. The molecule has 2 saturated heterocycles.